The van der Waals surface area contributed by atoms with Gasteiger partial charge in [-0.1, -0.05) is 12.1 Å². The van der Waals surface area contributed by atoms with E-state index in [1.54, 1.807) is 0 Å². The molecule has 0 aliphatic heterocycles. The van der Waals surface area contributed by atoms with Crippen molar-refractivity contribution in [2.24, 2.45) is 0 Å². The summed E-state index contributed by atoms with van der Waals surface area (Å²) in [5, 5.41) is 2.44. The minimum atomic E-state index is -5.58. The highest BCUT2D eigenvalue weighted by Crippen LogP contribution is 2.46. The van der Waals surface area contributed by atoms with Crippen molar-refractivity contribution in [3.8, 4) is 0 Å². The van der Waals surface area contributed by atoms with Crippen LogP contribution < -0.4 is 0 Å². The number of rotatable bonds is 1. The summed E-state index contributed by atoms with van der Waals surface area (Å²) in [6, 6.07) is 4.60. The number of thiophene rings is 1. The first-order valence-corrected chi connectivity index (χ1v) is 4.99. The Morgan fingerprint density at radius 2 is 1.75 bits per heavy atom. The minimum Gasteiger partial charge on any atom is -0.191 e. The molecule has 0 saturated carbocycles. The third kappa shape index (κ3) is 1.57. The molecule has 1 radical (unpaired) electrons. The van der Waals surface area contributed by atoms with E-state index in [2.05, 4.69) is 5.38 Å². The van der Waals surface area contributed by atoms with Gasteiger partial charge in [-0.2, -0.15) is 22.0 Å². The number of benzene rings is 1. The zero-order valence-corrected chi connectivity index (χ0v) is 8.42. The Balaban J connectivity index is 2.68. The average molecular weight is 251 g/mol. The Kier molecular flexibility index (Phi) is 2.41. The third-order valence-electron chi connectivity index (χ3n) is 2.13. The highest BCUT2D eigenvalue weighted by molar-refractivity contribution is 7.16. The maximum absolute atomic E-state index is 13.1. The van der Waals surface area contributed by atoms with Crippen molar-refractivity contribution in [1.29, 1.82) is 0 Å². The first-order valence-electron chi connectivity index (χ1n) is 4.17. The van der Waals surface area contributed by atoms with Gasteiger partial charge in [-0.3, -0.25) is 0 Å². The van der Waals surface area contributed by atoms with Gasteiger partial charge in [0.2, 0.25) is 0 Å². The van der Waals surface area contributed by atoms with Gasteiger partial charge >= 0.3 is 12.1 Å². The van der Waals surface area contributed by atoms with Gasteiger partial charge in [-0.05, 0) is 12.1 Å². The summed E-state index contributed by atoms with van der Waals surface area (Å²) in [5.74, 6) is -4.83. The summed E-state index contributed by atoms with van der Waals surface area (Å²) >= 11 is 1.00. The quantitative estimate of drug-likeness (QED) is 0.661. The lowest BCUT2D eigenvalue weighted by atomic mass is 10.0. The van der Waals surface area contributed by atoms with Gasteiger partial charge in [0.15, 0.2) is 0 Å². The lowest BCUT2D eigenvalue weighted by Crippen LogP contribution is -2.33. The summed E-state index contributed by atoms with van der Waals surface area (Å²) in [4.78, 5) is 0. The number of halogens is 5. The van der Waals surface area contributed by atoms with E-state index >= 15 is 0 Å². The highest BCUT2D eigenvalue weighted by atomic mass is 32.1. The van der Waals surface area contributed by atoms with E-state index in [4.69, 9.17) is 0 Å². The average Bonchev–Trinajstić information content (AvgIpc) is 2.62. The highest BCUT2D eigenvalue weighted by Gasteiger charge is 2.59. The van der Waals surface area contributed by atoms with Crippen molar-refractivity contribution in [1.82, 2.24) is 0 Å². The molecule has 2 rings (SSSR count). The van der Waals surface area contributed by atoms with E-state index in [-0.39, 0.29) is 5.39 Å². The number of hydrogen-bond donors (Lipinski definition) is 0. The van der Waals surface area contributed by atoms with E-state index in [9.17, 15) is 22.0 Å². The second-order valence-corrected chi connectivity index (χ2v) is 4.03. The zero-order valence-electron chi connectivity index (χ0n) is 7.61. The number of alkyl halides is 5. The van der Waals surface area contributed by atoms with Gasteiger partial charge < -0.3 is 0 Å². The van der Waals surface area contributed by atoms with Crippen LogP contribution in [0.2, 0.25) is 0 Å². The smallest absolute Gasteiger partial charge is 0.191 e. The lowest BCUT2D eigenvalue weighted by Gasteiger charge is -2.20. The molecular weight excluding hydrogens is 247 g/mol. The standard InChI is InChI=1S/C10H4F5S/c11-9(12,10(13,14)15)7-2-1-3-8-6(7)4-5-16-8/h1-4H. The number of fused-ring (bicyclic) bond motifs is 1. The predicted octanol–water partition coefficient (Wildman–Crippen LogP) is 4.36. The van der Waals surface area contributed by atoms with Crippen LogP contribution in [0.25, 0.3) is 10.1 Å². The normalized spacial score (nSPS) is 13.3. The van der Waals surface area contributed by atoms with E-state index in [1.165, 1.54) is 12.1 Å². The molecular formula is C10H4F5S. The molecule has 85 valence electrons. The fraction of sp³-hybridized carbons (Fsp3) is 0.200. The predicted molar refractivity (Wildman–Crippen MR) is 50.6 cm³/mol. The van der Waals surface area contributed by atoms with Crippen molar-refractivity contribution >= 4 is 21.4 Å². The molecule has 0 fully saturated rings. The molecule has 0 N–H and O–H groups in total. The van der Waals surface area contributed by atoms with Gasteiger partial charge in [-0.15, -0.1) is 11.3 Å². The Bertz CT molecular complexity index is 511. The van der Waals surface area contributed by atoms with Crippen molar-refractivity contribution < 1.29 is 22.0 Å². The topological polar surface area (TPSA) is 0 Å². The SMILES string of the molecule is FC(F)(F)C(F)(F)c1cccc2s[c]cc12. The van der Waals surface area contributed by atoms with Crippen molar-refractivity contribution in [3.63, 3.8) is 0 Å². The van der Waals surface area contributed by atoms with Crippen LogP contribution in [0.3, 0.4) is 0 Å². The molecule has 1 aromatic heterocycles. The second kappa shape index (κ2) is 3.41. The third-order valence-corrected chi connectivity index (χ3v) is 2.94. The van der Waals surface area contributed by atoms with Crippen molar-refractivity contribution in [3.05, 3.63) is 35.2 Å². The lowest BCUT2D eigenvalue weighted by molar-refractivity contribution is -0.288. The van der Waals surface area contributed by atoms with Gasteiger partial charge in [0, 0.05) is 21.0 Å². The Labute approximate surface area is 91.3 Å². The van der Waals surface area contributed by atoms with E-state index < -0.39 is 17.7 Å². The summed E-state index contributed by atoms with van der Waals surface area (Å²) < 4.78 is 63.2. The van der Waals surface area contributed by atoms with E-state index in [0.29, 0.717) is 4.70 Å². The van der Waals surface area contributed by atoms with Crippen molar-refractivity contribution in [2.45, 2.75) is 12.1 Å². The number of hydrogen-bond acceptors (Lipinski definition) is 1. The fourth-order valence-electron chi connectivity index (χ4n) is 1.36. The molecule has 0 saturated heterocycles. The minimum absolute atomic E-state index is 0.102. The largest absolute Gasteiger partial charge is 0.458 e. The van der Waals surface area contributed by atoms with Crippen LogP contribution >= 0.6 is 11.3 Å². The van der Waals surface area contributed by atoms with Crippen LogP contribution in [0, 0.1) is 5.38 Å². The maximum atomic E-state index is 13.1. The molecule has 0 aliphatic carbocycles. The molecule has 0 spiro atoms. The second-order valence-electron chi connectivity index (χ2n) is 3.15. The molecule has 0 aliphatic rings. The molecule has 1 aromatic carbocycles. The zero-order chi connectivity index (χ0) is 12.0. The Morgan fingerprint density at radius 3 is 2.38 bits per heavy atom. The Hall–Kier alpha value is -1.17. The van der Waals surface area contributed by atoms with E-state index in [0.717, 1.165) is 23.5 Å². The van der Waals surface area contributed by atoms with Crippen LogP contribution in [0.1, 0.15) is 5.56 Å². The molecule has 0 atom stereocenters. The van der Waals surface area contributed by atoms with Crippen molar-refractivity contribution in [2.75, 3.05) is 0 Å². The first-order chi connectivity index (χ1) is 7.34. The van der Waals surface area contributed by atoms with Crippen LogP contribution in [-0.4, -0.2) is 6.18 Å². The van der Waals surface area contributed by atoms with Crippen LogP contribution in [0.15, 0.2) is 24.3 Å². The first kappa shape index (κ1) is 11.3. The van der Waals surface area contributed by atoms with Crippen LogP contribution in [0.5, 0.6) is 0 Å². The van der Waals surface area contributed by atoms with Crippen LogP contribution in [0.4, 0.5) is 22.0 Å². The summed E-state index contributed by atoms with van der Waals surface area (Å²) in [6.45, 7) is 0. The van der Waals surface area contributed by atoms with Gasteiger partial charge in [-0.25, -0.2) is 0 Å². The maximum Gasteiger partial charge on any atom is 0.458 e. The fourth-order valence-corrected chi connectivity index (χ4v) is 2.09. The molecule has 0 amide bonds. The molecule has 0 nitrogen and oxygen atoms in total. The monoisotopic (exact) mass is 251 g/mol. The molecule has 6 heteroatoms. The Morgan fingerprint density at radius 1 is 1.06 bits per heavy atom. The molecule has 0 bridgehead atoms. The van der Waals surface area contributed by atoms with Gasteiger partial charge in [0.25, 0.3) is 0 Å². The summed E-state index contributed by atoms with van der Waals surface area (Å²) in [5.41, 5.74) is -1.02. The van der Waals surface area contributed by atoms with Gasteiger partial charge in [0.05, 0.1) is 0 Å². The van der Waals surface area contributed by atoms with Gasteiger partial charge in [0.1, 0.15) is 0 Å². The van der Waals surface area contributed by atoms with Crippen LogP contribution in [-0.2, 0) is 5.92 Å². The molecule has 2 aromatic rings. The van der Waals surface area contributed by atoms with E-state index in [1.807, 2.05) is 0 Å². The molecule has 1 heterocycles. The summed E-state index contributed by atoms with van der Waals surface area (Å²) in [7, 11) is 0. The summed E-state index contributed by atoms with van der Waals surface area (Å²) in [6.07, 6.45) is -5.58. The molecule has 16 heavy (non-hydrogen) atoms. The molecule has 0 unspecified atom stereocenters.